The highest BCUT2D eigenvalue weighted by molar-refractivity contribution is 5.53. The van der Waals surface area contributed by atoms with Gasteiger partial charge >= 0.3 is 0 Å². The predicted octanol–water partition coefficient (Wildman–Crippen LogP) is 3.52. The normalized spacial score (nSPS) is 10.9. The first-order valence-electron chi connectivity index (χ1n) is 7.55. The largest absolute Gasteiger partial charge is 0.419 e. The van der Waals surface area contributed by atoms with Gasteiger partial charge in [-0.05, 0) is 49.7 Å². The van der Waals surface area contributed by atoms with E-state index in [4.69, 9.17) is 4.42 Å². The topological polar surface area (TPSA) is 51.0 Å². The molecule has 0 amide bonds. The summed E-state index contributed by atoms with van der Waals surface area (Å²) in [6, 6.07) is 14.5. The standard InChI is InChI=1S/C18H18FN3O/c1-13-3-2-4-15(11-13)18-22-21-17(23-18)12-20-10-9-14-5-7-16(19)8-6-14/h2-8,11,20H,9-10,12H2,1H3. The van der Waals surface area contributed by atoms with Gasteiger partial charge in [-0.2, -0.15) is 0 Å². The molecule has 0 spiro atoms. The Labute approximate surface area is 134 Å². The van der Waals surface area contributed by atoms with Gasteiger partial charge < -0.3 is 9.73 Å². The molecule has 1 heterocycles. The number of halogens is 1. The monoisotopic (exact) mass is 311 g/mol. The van der Waals surface area contributed by atoms with Crippen LogP contribution in [0, 0.1) is 12.7 Å². The van der Waals surface area contributed by atoms with Crippen LogP contribution in [0.5, 0.6) is 0 Å². The summed E-state index contributed by atoms with van der Waals surface area (Å²) in [6.45, 7) is 3.30. The molecule has 0 bridgehead atoms. The van der Waals surface area contributed by atoms with Crippen molar-refractivity contribution in [1.82, 2.24) is 15.5 Å². The summed E-state index contributed by atoms with van der Waals surface area (Å²) in [5.41, 5.74) is 3.17. The molecule has 0 atom stereocenters. The molecule has 0 saturated carbocycles. The molecule has 0 radical (unpaired) electrons. The van der Waals surface area contributed by atoms with Crippen molar-refractivity contribution in [1.29, 1.82) is 0 Å². The van der Waals surface area contributed by atoms with Crippen LogP contribution >= 0.6 is 0 Å². The molecule has 4 nitrogen and oxygen atoms in total. The van der Waals surface area contributed by atoms with Crippen LogP contribution in [-0.4, -0.2) is 16.7 Å². The van der Waals surface area contributed by atoms with Crippen LogP contribution < -0.4 is 5.32 Å². The fourth-order valence-corrected chi connectivity index (χ4v) is 2.30. The van der Waals surface area contributed by atoms with Gasteiger partial charge in [-0.25, -0.2) is 4.39 Å². The van der Waals surface area contributed by atoms with E-state index in [-0.39, 0.29) is 5.82 Å². The van der Waals surface area contributed by atoms with Crippen LogP contribution in [0.15, 0.2) is 52.9 Å². The number of benzene rings is 2. The summed E-state index contributed by atoms with van der Waals surface area (Å²) in [5, 5.41) is 11.4. The summed E-state index contributed by atoms with van der Waals surface area (Å²) in [6.07, 6.45) is 0.819. The third-order valence-electron chi connectivity index (χ3n) is 3.51. The zero-order valence-electron chi connectivity index (χ0n) is 12.9. The zero-order chi connectivity index (χ0) is 16.1. The van der Waals surface area contributed by atoms with Crippen molar-refractivity contribution in [3.05, 3.63) is 71.4 Å². The third-order valence-corrected chi connectivity index (χ3v) is 3.51. The van der Waals surface area contributed by atoms with Gasteiger partial charge in [0.15, 0.2) is 0 Å². The van der Waals surface area contributed by atoms with E-state index in [2.05, 4.69) is 15.5 Å². The van der Waals surface area contributed by atoms with Crippen LogP contribution in [0.4, 0.5) is 4.39 Å². The molecule has 0 aliphatic carbocycles. The van der Waals surface area contributed by atoms with E-state index >= 15 is 0 Å². The molecular formula is C18H18FN3O. The molecule has 3 rings (SSSR count). The van der Waals surface area contributed by atoms with Crippen LogP contribution in [-0.2, 0) is 13.0 Å². The average molecular weight is 311 g/mol. The maximum absolute atomic E-state index is 12.8. The first-order valence-corrected chi connectivity index (χ1v) is 7.55. The van der Waals surface area contributed by atoms with Gasteiger partial charge in [-0.1, -0.05) is 29.8 Å². The average Bonchev–Trinajstić information content (AvgIpc) is 3.02. The Morgan fingerprint density at radius 2 is 1.91 bits per heavy atom. The number of rotatable bonds is 6. The fraction of sp³-hybridized carbons (Fsp3) is 0.222. The summed E-state index contributed by atoms with van der Waals surface area (Å²) < 4.78 is 18.5. The Kier molecular flexibility index (Phi) is 4.78. The SMILES string of the molecule is Cc1cccc(-c2nnc(CNCCc3ccc(F)cc3)o2)c1. The Bertz CT molecular complexity index is 768. The van der Waals surface area contributed by atoms with Crippen molar-refractivity contribution >= 4 is 0 Å². The van der Waals surface area contributed by atoms with E-state index in [0.29, 0.717) is 18.3 Å². The predicted molar refractivity (Wildman–Crippen MR) is 86.3 cm³/mol. The highest BCUT2D eigenvalue weighted by Gasteiger charge is 2.08. The summed E-state index contributed by atoms with van der Waals surface area (Å²) >= 11 is 0. The van der Waals surface area contributed by atoms with Crippen molar-refractivity contribution in [3.63, 3.8) is 0 Å². The van der Waals surface area contributed by atoms with Crippen molar-refractivity contribution in [3.8, 4) is 11.5 Å². The lowest BCUT2D eigenvalue weighted by Crippen LogP contribution is -2.16. The van der Waals surface area contributed by atoms with Crippen LogP contribution in [0.3, 0.4) is 0 Å². The van der Waals surface area contributed by atoms with Gasteiger partial charge in [0.05, 0.1) is 6.54 Å². The minimum absolute atomic E-state index is 0.212. The number of aromatic nitrogens is 2. The van der Waals surface area contributed by atoms with Crippen molar-refractivity contribution in [2.75, 3.05) is 6.54 Å². The second-order valence-electron chi connectivity index (χ2n) is 5.42. The Hall–Kier alpha value is -2.53. The second-order valence-corrected chi connectivity index (χ2v) is 5.42. The highest BCUT2D eigenvalue weighted by Crippen LogP contribution is 2.18. The molecular weight excluding hydrogens is 293 g/mol. The van der Waals surface area contributed by atoms with Crippen molar-refractivity contribution < 1.29 is 8.81 Å². The lowest BCUT2D eigenvalue weighted by molar-refractivity contribution is 0.478. The second kappa shape index (κ2) is 7.15. The molecule has 0 saturated heterocycles. The zero-order valence-corrected chi connectivity index (χ0v) is 12.9. The minimum atomic E-state index is -0.212. The third kappa shape index (κ3) is 4.23. The number of nitrogens with one attached hydrogen (secondary N) is 1. The molecule has 5 heteroatoms. The number of aryl methyl sites for hydroxylation is 1. The summed E-state index contributed by atoms with van der Waals surface area (Å²) in [5.74, 6) is 0.876. The first-order chi connectivity index (χ1) is 11.2. The Morgan fingerprint density at radius 1 is 1.09 bits per heavy atom. The van der Waals surface area contributed by atoms with E-state index in [9.17, 15) is 4.39 Å². The van der Waals surface area contributed by atoms with E-state index in [1.54, 1.807) is 12.1 Å². The molecule has 0 unspecified atom stereocenters. The molecule has 0 aliphatic heterocycles. The number of hydrogen-bond donors (Lipinski definition) is 1. The van der Waals surface area contributed by atoms with E-state index in [1.165, 1.54) is 12.1 Å². The maximum atomic E-state index is 12.8. The van der Waals surface area contributed by atoms with E-state index < -0.39 is 0 Å². The van der Waals surface area contributed by atoms with E-state index in [0.717, 1.165) is 29.7 Å². The molecule has 23 heavy (non-hydrogen) atoms. The maximum Gasteiger partial charge on any atom is 0.247 e. The van der Waals surface area contributed by atoms with Crippen molar-refractivity contribution in [2.24, 2.45) is 0 Å². The van der Waals surface area contributed by atoms with Gasteiger partial charge in [0.2, 0.25) is 11.8 Å². The van der Waals surface area contributed by atoms with Gasteiger partial charge in [-0.15, -0.1) is 10.2 Å². The Morgan fingerprint density at radius 3 is 2.70 bits per heavy atom. The van der Waals surface area contributed by atoms with Crippen molar-refractivity contribution in [2.45, 2.75) is 19.9 Å². The molecule has 2 aromatic carbocycles. The molecule has 0 aliphatic rings. The summed E-state index contributed by atoms with van der Waals surface area (Å²) in [4.78, 5) is 0. The highest BCUT2D eigenvalue weighted by atomic mass is 19.1. The minimum Gasteiger partial charge on any atom is -0.419 e. The summed E-state index contributed by atoms with van der Waals surface area (Å²) in [7, 11) is 0. The number of hydrogen-bond acceptors (Lipinski definition) is 4. The molecule has 3 aromatic rings. The van der Waals surface area contributed by atoms with Gasteiger partial charge in [0, 0.05) is 5.56 Å². The van der Waals surface area contributed by atoms with Crippen LogP contribution in [0.2, 0.25) is 0 Å². The molecule has 1 N–H and O–H groups in total. The van der Waals surface area contributed by atoms with E-state index in [1.807, 2.05) is 31.2 Å². The van der Waals surface area contributed by atoms with Gasteiger partial charge in [0.1, 0.15) is 5.82 Å². The lowest BCUT2D eigenvalue weighted by atomic mass is 10.1. The Balaban J connectivity index is 1.50. The van der Waals surface area contributed by atoms with Crippen LogP contribution in [0.1, 0.15) is 17.0 Å². The fourth-order valence-electron chi connectivity index (χ4n) is 2.30. The van der Waals surface area contributed by atoms with Gasteiger partial charge in [-0.3, -0.25) is 0 Å². The number of nitrogens with zero attached hydrogens (tertiary/aromatic N) is 2. The van der Waals surface area contributed by atoms with Crippen LogP contribution in [0.25, 0.3) is 11.5 Å². The molecule has 1 aromatic heterocycles. The quantitative estimate of drug-likeness (QED) is 0.708. The van der Waals surface area contributed by atoms with Gasteiger partial charge in [0.25, 0.3) is 0 Å². The molecule has 0 fully saturated rings. The smallest absolute Gasteiger partial charge is 0.247 e. The molecule has 118 valence electrons. The first kappa shape index (κ1) is 15.4. The lowest BCUT2D eigenvalue weighted by Gasteiger charge is -2.02.